The molecule has 1 aromatic heterocycles. The average molecular weight is 374 g/mol. The average Bonchev–Trinajstić information content (AvgIpc) is 3.06. The van der Waals surface area contributed by atoms with Crippen LogP contribution in [-0.4, -0.2) is 40.1 Å². The van der Waals surface area contributed by atoms with Gasteiger partial charge in [0.25, 0.3) is 0 Å². The monoisotopic (exact) mass is 374 g/mol. The summed E-state index contributed by atoms with van der Waals surface area (Å²) in [5, 5.41) is 3.03. The van der Waals surface area contributed by atoms with Crippen LogP contribution in [0.5, 0.6) is 0 Å². The summed E-state index contributed by atoms with van der Waals surface area (Å²) in [6, 6.07) is 20.5. The molecule has 2 amide bonds. The minimum atomic E-state index is 0.0396. The van der Waals surface area contributed by atoms with Gasteiger partial charge in [-0.1, -0.05) is 60.7 Å². The van der Waals surface area contributed by atoms with Gasteiger partial charge in [0, 0.05) is 49.6 Å². The van der Waals surface area contributed by atoms with E-state index in [2.05, 4.69) is 46.1 Å². The molecule has 0 unspecified atom stereocenters. The van der Waals surface area contributed by atoms with Crippen LogP contribution in [0.25, 0.3) is 11.4 Å². The molecule has 5 heteroatoms. The van der Waals surface area contributed by atoms with E-state index in [1.165, 1.54) is 5.56 Å². The zero-order valence-corrected chi connectivity index (χ0v) is 16.2. The Bertz CT molecular complexity index is 914. The van der Waals surface area contributed by atoms with Crippen molar-refractivity contribution in [2.75, 3.05) is 19.6 Å². The van der Waals surface area contributed by atoms with Crippen molar-refractivity contribution in [3.63, 3.8) is 0 Å². The topological polar surface area (TPSA) is 50.2 Å². The van der Waals surface area contributed by atoms with Crippen LogP contribution < -0.4 is 5.32 Å². The number of likely N-dealkylation sites (tertiary alicyclic amines) is 1. The second kappa shape index (κ2) is 8.30. The van der Waals surface area contributed by atoms with Gasteiger partial charge in [-0.3, -0.25) is 0 Å². The molecule has 144 valence electrons. The molecule has 0 saturated carbocycles. The molecule has 3 aromatic rings. The van der Waals surface area contributed by atoms with Crippen molar-refractivity contribution < 1.29 is 4.79 Å². The van der Waals surface area contributed by atoms with Crippen LogP contribution in [0.4, 0.5) is 4.79 Å². The van der Waals surface area contributed by atoms with Crippen LogP contribution in [0, 0.1) is 12.8 Å². The van der Waals surface area contributed by atoms with E-state index in [9.17, 15) is 4.79 Å². The zero-order chi connectivity index (χ0) is 19.3. The maximum atomic E-state index is 12.3. The second-order valence-corrected chi connectivity index (χ2v) is 7.44. The molecule has 0 atom stereocenters. The fourth-order valence-corrected chi connectivity index (χ4v) is 3.69. The minimum Gasteiger partial charge on any atom is -0.338 e. The number of carbonyl (C=O) groups excluding carboxylic acids is 1. The summed E-state index contributed by atoms with van der Waals surface area (Å²) in [7, 11) is 0. The van der Waals surface area contributed by atoms with E-state index >= 15 is 0 Å². The number of urea groups is 1. The summed E-state index contributed by atoms with van der Waals surface area (Å²) in [5.41, 5.74) is 3.53. The lowest BCUT2D eigenvalue weighted by molar-refractivity contribution is 0.110. The van der Waals surface area contributed by atoms with Crippen LogP contribution in [0.3, 0.4) is 0 Å². The van der Waals surface area contributed by atoms with Gasteiger partial charge in [-0.15, -0.1) is 0 Å². The summed E-state index contributed by atoms with van der Waals surface area (Å²) in [4.78, 5) is 18.8. The maximum Gasteiger partial charge on any atom is 0.317 e. The number of nitrogens with zero attached hydrogens (tertiary/aromatic N) is 3. The molecular weight excluding hydrogens is 348 g/mol. The van der Waals surface area contributed by atoms with Gasteiger partial charge in [-0.2, -0.15) is 0 Å². The molecule has 4 rings (SSSR count). The number of benzene rings is 2. The Labute approximate surface area is 166 Å². The van der Waals surface area contributed by atoms with E-state index in [1.54, 1.807) is 0 Å². The van der Waals surface area contributed by atoms with Crippen molar-refractivity contribution in [2.24, 2.45) is 5.92 Å². The number of aryl methyl sites for hydroxylation is 1. The lowest BCUT2D eigenvalue weighted by atomic mass is 10.0. The third kappa shape index (κ3) is 4.09. The first-order chi connectivity index (χ1) is 13.7. The third-order valence-electron chi connectivity index (χ3n) is 5.30. The molecule has 1 aliphatic rings. The van der Waals surface area contributed by atoms with Gasteiger partial charge in [0.05, 0.1) is 0 Å². The lowest BCUT2D eigenvalue weighted by Gasteiger charge is -2.39. The minimum absolute atomic E-state index is 0.0396. The molecule has 0 spiro atoms. The van der Waals surface area contributed by atoms with E-state index in [1.807, 2.05) is 47.5 Å². The second-order valence-electron chi connectivity index (χ2n) is 7.44. The van der Waals surface area contributed by atoms with Gasteiger partial charge in [-0.25, -0.2) is 9.78 Å². The van der Waals surface area contributed by atoms with E-state index < -0.39 is 0 Å². The maximum absolute atomic E-state index is 12.3. The Morgan fingerprint density at radius 3 is 2.46 bits per heavy atom. The van der Waals surface area contributed by atoms with Gasteiger partial charge in [0.15, 0.2) is 0 Å². The number of aromatic nitrogens is 2. The summed E-state index contributed by atoms with van der Waals surface area (Å²) in [6.45, 7) is 5.24. The largest absolute Gasteiger partial charge is 0.338 e. The van der Waals surface area contributed by atoms with Crippen molar-refractivity contribution in [3.05, 3.63) is 78.1 Å². The number of hydrogen-bond acceptors (Lipinski definition) is 2. The quantitative estimate of drug-likeness (QED) is 0.714. The molecule has 1 N–H and O–H groups in total. The Kier molecular flexibility index (Phi) is 5.42. The molecular formula is C23H26N4O. The molecule has 1 aliphatic heterocycles. The first kappa shape index (κ1) is 18.3. The Balaban J connectivity index is 1.27. The lowest BCUT2D eigenvalue weighted by Crippen LogP contribution is -2.55. The summed E-state index contributed by atoms with van der Waals surface area (Å²) in [6.07, 6.45) is 2.79. The molecule has 0 radical (unpaired) electrons. The van der Waals surface area contributed by atoms with E-state index in [-0.39, 0.29) is 6.03 Å². The molecule has 0 bridgehead atoms. The van der Waals surface area contributed by atoms with Crippen LogP contribution in [0.1, 0.15) is 11.3 Å². The highest BCUT2D eigenvalue weighted by Gasteiger charge is 2.31. The normalized spacial score (nSPS) is 14.0. The molecule has 2 heterocycles. The van der Waals surface area contributed by atoms with Gasteiger partial charge in [0.2, 0.25) is 0 Å². The standard InChI is InChI=1S/C23H26N4O/c1-18-14-25-22(21-10-6-3-7-11-21)27(18)17-20-15-26(16-20)23(28)24-13-12-19-8-4-2-5-9-19/h2-11,14,20H,12-13,15-17H2,1H3,(H,24,28). The van der Waals surface area contributed by atoms with Gasteiger partial charge in [0.1, 0.15) is 5.82 Å². The molecule has 5 nitrogen and oxygen atoms in total. The third-order valence-corrected chi connectivity index (χ3v) is 5.30. The van der Waals surface area contributed by atoms with E-state index in [0.29, 0.717) is 12.5 Å². The summed E-state index contributed by atoms with van der Waals surface area (Å²) in [5.74, 6) is 1.47. The number of carbonyl (C=O) groups is 1. The molecule has 28 heavy (non-hydrogen) atoms. The summed E-state index contributed by atoms with van der Waals surface area (Å²) < 4.78 is 2.27. The number of nitrogens with one attached hydrogen (secondary N) is 1. The van der Waals surface area contributed by atoms with E-state index in [0.717, 1.165) is 43.1 Å². The highest BCUT2D eigenvalue weighted by molar-refractivity contribution is 5.75. The molecule has 1 fully saturated rings. The van der Waals surface area contributed by atoms with Crippen molar-refractivity contribution in [1.29, 1.82) is 0 Å². The predicted molar refractivity (Wildman–Crippen MR) is 111 cm³/mol. The molecule has 1 saturated heterocycles. The number of amides is 2. The first-order valence-electron chi connectivity index (χ1n) is 9.85. The SMILES string of the molecule is Cc1cnc(-c2ccccc2)n1CC1CN(C(=O)NCCc2ccccc2)C1. The number of imidazole rings is 1. The smallest absolute Gasteiger partial charge is 0.317 e. The van der Waals surface area contributed by atoms with Crippen LogP contribution in [0.2, 0.25) is 0 Å². The molecule has 0 aliphatic carbocycles. The Morgan fingerprint density at radius 1 is 1.07 bits per heavy atom. The number of hydrogen-bond donors (Lipinski definition) is 1. The zero-order valence-electron chi connectivity index (χ0n) is 16.2. The van der Waals surface area contributed by atoms with Crippen LogP contribution in [0.15, 0.2) is 66.9 Å². The highest BCUT2D eigenvalue weighted by atomic mass is 16.2. The Morgan fingerprint density at radius 2 is 1.75 bits per heavy atom. The van der Waals surface area contributed by atoms with Crippen LogP contribution in [-0.2, 0) is 13.0 Å². The van der Waals surface area contributed by atoms with Gasteiger partial charge in [-0.05, 0) is 18.9 Å². The summed E-state index contributed by atoms with van der Waals surface area (Å²) >= 11 is 0. The fraction of sp³-hybridized carbons (Fsp3) is 0.304. The Hall–Kier alpha value is -3.08. The van der Waals surface area contributed by atoms with Crippen molar-refractivity contribution in [3.8, 4) is 11.4 Å². The number of rotatable bonds is 6. The fourth-order valence-electron chi connectivity index (χ4n) is 3.69. The van der Waals surface area contributed by atoms with Crippen LogP contribution >= 0.6 is 0 Å². The highest BCUT2D eigenvalue weighted by Crippen LogP contribution is 2.24. The first-order valence-corrected chi connectivity index (χ1v) is 9.85. The van der Waals surface area contributed by atoms with Crippen molar-refractivity contribution in [2.45, 2.75) is 19.9 Å². The van der Waals surface area contributed by atoms with Crippen molar-refractivity contribution in [1.82, 2.24) is 19.8 Å². The van der Waals surface area contributed by atoms with E-state index in [4.69, 9.17) is 0 Å². The van der Waals surface area contributed by atoms with Gasteiger partial charge >= 0.3 is 6.03 Å². The molecule has 2 aromatic carbocycles. The van der Waals surface area contributed by atoms with Crippen molar-refractivity contribution >= 4 is 6.03 Å². The predicted octanol–water partition coefficient (Wildman–Crippen LogP) is 3.74. The van der Waals surface area contributed by atoms with Gasteiger partial charge < -0.3 is 14.8 Å².